The van der Waals surface area contributed by atoms with Crippen molar-refractivity contribution in [1.82, 2.24) is 5.32 Å². The summed E-state index contributed by atoms with van der Waals surface area (Å²) in [5.41, 5.74) is 1.35. The second-order valence-corrected chi connectivity index (χ2v) is 8.90. The summed E-state index contributed by atoms with van der Waals surface area (Å²) in [6.07, 6.45) is 4.94. The third kappa shape index (κ3) is 4.77. The Bertz CT molecular complexity index is 1020. The number of benzene rings is 2. The molecule has 1 heterocycles. The van der Waals surface area contributed by atoms with Gasteiger partial charge in [0.1, 0.15) is 6.54 Å². The molecule has 1 aliphatic heterocycles. The Labute approximate surface area is 188 Å². The van der Waals surface area contributed by atoms with E-state index >= 15 is 0 Å². The van der Waals surface area contributed by atoms with Crippen LogP contribution >= 0.6 is 11.6 Å². The van der Waals surface area contributed by atoms with Crippen LogP contribution in [0, 0.1) is 11.8 Å². The number of nitrogens with zero attached hydrogens (tertiary/aromatic N) is 1. The normalized spacial score (nSPS) is 24.5. The fourth-order valence-electron chi connectivity index (χ4n) is 4.35. The molecule has 6 heteroatoms. The van der Waals surface area contributed by atoms with Crippen molar-refractivity contribution in [2.24, 2.45) is 11.8 Å². The zero-order chi connectivity index (χ0) is 22.0. The highest BCUT2D eigenvalue weighted by Crippen LogP contribution is 2.36. The van der Waals surface area contributed by atoms with Crippen molar-refractivity contribution in [2.45, 2.75) is 39.2 Å². The van der Waals surface area contributed by atoms with Crippen LogP contribution in [0.2, 0.25) is 5.02 Å². The van der Waals surface area contributed by atoms with Crippen LogP contribution in [0.1, 0.15) is 38.7 Å². The highest BCUT2D eigenvalue weighted by Gasteiger charge is 2.33. The molecule has 5 nitrogen and oxygen atoms in total. The van der Waals surface area contributed by atoms with E-state index < -0.39 is 0 Å². The minimum absolute atomic E-state index is 0.0519. The van der Waals surface area contributed by atoms with E-state index in [2.05, 4.69) is 19.2 Å². The van der Waals surface area contributed by atoms with Gasteiger partial charge in [-0.15, -0.1) is 0 Å². The first-order valence-electron chi connectivity index (χ1n) is 10.8. The van der Waals surface area contributed by atoms with E-state index in [1.54, 1.807) is 30.3 Å². The number of carbonyl (C=O) groups is 2. The number of fused-ring (bicyclic) bond motifs is 1. The Morgan fingerprint density at radius 3 is 2.81 bits per heavy atom. The number of carbonyl (C=O) groups excluding carboxylic acids is 2. The number of rotatable bonds is 4. The van der Waals surface area contributed by atoms with E-state index in [0.29, 0.717) is 28.3 Å². The maximum absolute atomic E-state index is 13.2. The molecule has 162 valence electrons. The molecule has 1 N–H and O–H groups in total. The summed E-state index contributed by atoms with van der Waals surface area (Å²) < 4.78 is 5.88. The van der Waals surface area contributed by atoms with Crippen LogP contribution in [0.25, 0.3) is 6.08 Å². The molecule has 0 bridgehead atoms. The Kier molecular flexibility index (Phi) is 6.33. The molecule has 2 amide bonds. The van der Waals surface area contributed by atoms with Crippen molar-refractivity contribution in [3.05, 3.63) is 64.9 Å². The van der Waals surface area contributed by atoms with Crippen molar-refractivity contribution in [3.63, 3.8) is 0 Å². The topological polar surface area (TPSA) is 58.6 Å². The first-order chi connectivity index (χ1) is 14.9. The molecule has 1 saturated carbocycles. The molecule has 1 fully saturated rings. The van der Waals surface area contributed by atoms with Gasteiger partial charge in [0, 0.05) is 11.1 Å². The van der Waals surface area contributed by atoms with Crippen LogP contribution < -0.4 is 15.0 Å². The molecule has 3 atom stereocenters. The SMILES string of the molecule is C[C@H]1[C@H](C)CCC[C@@H]1NC(=O)CN1C(=O)/C(=C\c2cccc(Cl)c2)Oc2ccccc21. The largest absolute Gasteiger partial charge is 0.449 e. The predicted molar refractivity (Wildman–Crippen MR) is 123 cm³/mol. The Morgan fingerprint density at radius 2 is 2.00 bits per heavy atom. The van der Waals surface area contributed by atoms with Crippen LogP contribution in [-0.2, 0) is 9.59 Å². The first kappa shape index (κ1) is 21.4. The average Bonchev–Trinajstić information content (AvgIpc) is 2.74. The fraction of sp³-hybridized carbons (Fsp3) is 0.360. The van der Waals surface area contributed by atoms with E-state index in [1.807, 2.05) is 24.3 Å². The van der Waals surface area contributed by atoms with E-state index in [9.17, 15) is 9.59 Å². The lowest BCUT2D eigenvalue weighted by atomic mass is 9.78. The molecule has 31 heavy (non-hydrogen) atoms. The molecule has 2 aromatic rings. The molecule has 2 aromatic carbocycles. The van der Waals surface area contributed by atoms with Gasteiger partial charge in [0.15, 0.2) is 11.5 Å². The van der Waals surface area contributed by atoms with Gasteiger partial charge in [0.25, 0.3) is 5.91 Å². The maximum Gasteiger partial charge on any atom is 0.294 e. The molecule has 0 spiro atoms. The molecule has 4 rings (SSSR count). The van der Waals surface area contributed by atoms with Crippen molar-refractivity contribution in [2.75, 3.05) is 11.4 Å². The maximum atomic E-state index is 13.2. The van der Waals surface area contributed by atoms with Crippen LogP contribution in [0.15, 0.2) is 54.3 Å². The Balaban J connectivity index is 1.57. The summed E-state index contributed by atoms with van der Waals surface area (Å²) in [6.45, 7) is 4.37. The summed E-state index contributed by atoms with van der Waals surface area (Å²) in [5, 5.41) is 3.73. The van der Waals surface area contributed by atoms with Gasteiger partial charge in [-0.3, -0.25) is 14.5 Å². The van der Waals surface area contributed by atoms with Gasteiger partial charge in [-0.25, -0.2) is 0 Å². The van der Waals surface area contributed by atoms with E-state index in [4.69, 9.17) is 16.3 Å². The second-order valence-electron chi connectivity index (χ2n) is 8.47. The average molecular weight is 439 g/mol. The zero-order valence-electron chi connectivity index (χ0n) is 17.8. The van der Waals surface area contributed by atoms with Gasteiger partial charge in [-0.1, -0.05) is 62.6 Å². The minimum atomic E-state index is -0.348. The lowest BCUT2D eigenvalue weighted by molar-refractivity contribution is -0.124. The number of hydrogen-bond acceptors (Lipinski definition) is 3. The molecule has 0 aromatic heterocycles. The molecule has 1 aliphatic carbocycles. The Morgan fingerprint density at radius 1 is 1.19 bits per heavy atom. The standard InChI is InChI=1S/C25H27ClN2O3/c1-16-7-5-10-20(17(16)2)27-24(29)15-28-21-11-3-4-12-22(21)31-23(25(28)30)14-18-8-6-9-19(26)13-18/h3-4,6,8-9,11-14,16-17,20H,5,7,10,15H2,1-2H3,(H,27,29)/b23-14+/t16-,17+,20+/m1/s1. The summed E-state index contributed by atoms with van der Waals surface area (Å²) in [6, 6.07) is 14.6. The van der Waals surface area contributed by atoms with Crippen LogP contribution in [-0.4, -0.2) is 24.4 Å². The quantitative estimate of drug-likeness (QED) is 0.679. The number of ether oxygens (including phenoxy) is 1. The molecular weight excluding hydrogens is 412 g/mol. The summed E-state index contributed by atoms with van der Waals surface area (Å²) in [5.74, 6) is 1.20. The highest BCUT2D eigenvalue weighted by molar-refractivity contribution is 6.30. The zero-order valence-corrected chi connectivity index (χ0v) is 18.6. The molecular formula is C25H27ClN2O3. The summed E-state index contributed by atoms with van der Waals surface area (Å²) >= 11 is 6.07. The van der Waals surface area contributed by atoms with Gasteiger partial charge in [-0.05, 0) is 54.2 Å². The highest BCUT2D eigenvalue weighted by atomic mass is 35.5. The molecule has 0 saturated heterocycles. The number of amides is 2. The van der Waals surface area contributed by atoms with Gasteiger partial charge >= 0.3 is 0 Å². The number of halogens is 1. The number of hydrogen-bond donors (Lipinski definition) is 1. The minimum Gasteiger partial charge on any atom is -0.449 e. The summed E-state index contributed by atoms with van der Waals surface area (Å²) in [7, 11) is 0. The van der Waals surface area contributed by atoms with E-state index in [0.717, 1.165) is 18.4 Å². The van der Waals surface area contributed by atoms with Crippen LogP contribution in [0.5, 0.6) is 5.75 Å². The lowest BCUT2D eigenvalue weighted by Gasteiger charge is -2.35. The Hall–Kier alpha value is -2.79. The molecule has 0 radical (unpaired) electrons. The van der Waals surface area contributed by atoms with Crippen LogP contribution in [0.3, 0.4) is 0 Å². The van der Waals surface area contributed by atoms with Crippen molar-refractivity contribution < 1.29 is 14.3 Å². The summed E-state index contributed by atoms with van der Waals surface area (Å²) in [4.78, 5) is 27.6. The van der Waals surface area contributed by atoms with Crippen molar-refractivity contribution >= 4 is 35.2 Å². The molecule has 2 aliphatic rings. The van der Waals surface area contributed by atoms with E-state index in [1.165, 1.54) is 11.3 Å². The van der Waals surface area contributed by atoms with E-state index in [-0.39, 0.29) is 30.2 Å². The van der Waals surface area contributed by atoms with Crippen molar-refractivity contribution in [1.29, 1.82) is 0 Å². The lowest BCUT2D eigenvalue weighted by Crippen LogP contribution is -2.49. The van der Waals surface area contributed by atoms with Crippen molar-refractivity contribution in [3.8, 4) is 5.75 Å². The second kappa shape index (κ2) is 9.15. The van der Waals surface area contributed by atoms with Gasteiger partial charge in [0.2, 0.25) is 5.91 Å². The first-order valence-corrected chi connectivity index (χ1v) is 11.2. The molecule has 0 unspecified atom stereocenters. The smallest absolute Gasteiger partial charge is 0.294 e. The third-order valence-corrected chi connectivity index (χ3v) is 6.57. The van der Waals surface area contributed by atoms with Crippen LogP contribution in [0.4, 0.5) is 5.69 Å². The monoisotopic (exact) mass is 438 g/mol. The predicted octanol–water partition coefficient (Wildman–Crippen LogP) is 5.05. The number of nitrogens with one attached hydrogen (secondary N) is 1. The fourth-order valence-corrected chi connectivity index (χ4v) is 4.55. The van der Waals surface area contributed by atoms with Gasteiger partial charge < -0.3 is 10.1 Å². The van der Waals surface area contributed by atoms with Gasteiger partial charge in [-0.2, -0.15) is 0 Å². The number of para-hydroxylation sites is 2. The third-order valence-electron chi connectivity index (χ3n) is 6.33. The number of anilines is 1. The van der Waals surface area contributed by atoms with Gasteiger partial charge in [0.05, 0.1) is 5.69 Å².